The van der Waals surface area contributed by atoms with Crippen LogP contribution in [0, 0.1) is 6.92 Å². The van der Waals surface area contributed by atoms with E-state index in [2.05, 4.69) is 15.1 Å². The van der Waals surface area contributed by atoms with Gasteiger partial charge in [-0.05, 0) is 37.3 Å². The first-order valence-corrected chi connectivity index (χ1v) is 5.73. The van der Waals surface area contributed by atoms with Crippen molar-refractivity contribution in [1.82, 2.24) is 19.7 Å². The van der Waals surface area contributed by atoms with Gasteiger partial charge in [0.25, 0.3) is 0 Å². The minimum Gasteiger partial charge on any atom is -0.259 e. The van der Waals surface area contributed by atoms with Gasteiger partial charge >= 0.3 is 0 Å². The molecule has 0 atom stereocenters. The Hall–Kier alpha value is -2.49. The lowest BCUT2D eigenvalue weighted by Gasteiger charge is -2.06. The third-order valence-corrected chi connectivity index (χ3v) is 2.71. The Labute approximate surface area is 105 Å². The van der Waals surface area contributed by atoms with Gasteiger partial charge in [-0.25, -0.2) is 4.68 Å². The fourth-order valence-corrected chi connectivity index (χ4v) is 1.80. The molecule has 0 fully saturated rings. The van der Waals surface area contributed by atoms with Crippen molar-refractivity contribution in [2.75, 3.05) is 0 Å². The molecule has 88 valence electrons. The summed E-state index contributed by atoms with van der Waals surface area (Å²) in [7, 11) is 0. The molecule has 0 radical (unpaired) electrons. The molecule has 4 nitrogen and oxygen atoms in total. The van der Waals surface area contributed by atoms with E-state index in [4.69, 9.17) is 0 Å². The van der Waals surface area contributed by atoms with E-state index in [9.17, 15) is 0 Å². The second-order valence-corrected chi connectivity index (χ2v) is 4.00. The summed E-state index contributed by atoms with van der Waals surface area (Å²) in [6.45, 7) is 1.96. The van der Waals surface area contributed by atoms with Crippen LogP contribution in [0.1, 0.15) is 5.69 Å². The summed E-state index contributed by atoms with van der Waals surface area (Å²) in [5.74, 6) is 0. The molecule has 0 aliphatic rings. The van der Waals surface area contributed by atoms with Crippen LogP contribution in [0.25, 0.3) is 17.1 Å². The average molecular weight is 236 g/mol. The van der Waals surface area contributed by atoms with Crippen molar-refractivity contribution in [3.8, 4) is 17.1 Å². The normalized spacial score (nSPS) is 10.5. The van der Waals surface area contributed by atoms with Crippen LogP contribution in [0.4, 0.5) is 0 Å². The highest BCUT2D eigenvalue weighted by atomic mass is 15.3. The van der Waals surface area contributed by atoms with Crippen LogP contribution in [0.15, 0.2) is 55.0 Å². The molecule has 3 heterocycles. The van der Waals surface area contributed by atoms with E-state index in [0.29, 0.717) is 0 Å². The van der Waals surface area contributed by atoms with Crippen molar-refractivity contribution in [2.24, 2.45) is 0 Å². The Morgan fingerprint density at radius 1 is 0.944 bits per heavy atom. The third-order valence-electron chi connectivity index (χ3n) is 2.71. The Balaban J connectivity index is 2.10. The second kappa shape index (κ2) is 4.41. The van der Waals surface area contributed by atoms with Gasteiger partial charge in [0.1, 0.15) is 0 Å². The van der Waals surface area contributed by atoms with Gasteiger partial charge in [-0.15, -0.1) is 0 Å². The maximum absolute atomic E-state index is 4.34. The van der Waals surface area contributed by atoms with Crippen molar-refractivity contribution in [3.63, 3.8) is 0 Å². The molecule has 0 N–H and O–H groups in total. The van der Waals surface area contributed by atoms with E-state index in [1.807, 2.05) is 54.2 Å². The quantitative estimate of drug-likeness (QED) is 0.687. The average Bonchev–Trinajstić information content (AvgIpc) is 2.90. The number of hydrogen-bond acceptors (Lipinski definition) is 3. The zero-order chi connectivity index (χ0) is 12.4. The highest BCUT2D eigenvalue weighted by Gasteiger charge is 2.07. The molecule has 0 aromatic carbocycles. The summed E-state index contributed by atoms with van der Waals surface area (Å²) in [6, 6.07) is 11.8. The van der Waals surface area contributed by atoms with Gasteiger partial charge in [0.15, 0.2) is 0 Å². The highest BCUT2D eigenvalue weighted by Crippen LogP contribution is 2.19. The first-order valence-electron chi connectivity index (χ1n) is 5.73. The molecular weight excluding hydrogens is 224 g/mol. The number of rotatable bonds is 2. The van der Waals surface area contributed by atoms with Gasteiger partial charge in [0.2, 0.25) is 0 Å². The first-order chi connectivity index (χ1) is 8.84. The molecule has 0 unspecified atom stereocenters. The maximum Gasteiger partial charge on any atom is 0.0925 e. The van der Waals surface area contributed by atoms with Crippen molar-refractivity contribution in [1.29, 1.82) is 0 Å². The summed E-state index contributed by atoms with van der Waals surface area (Å²) in [5, 5.41) is 4.33. The van der Waals surface area contributed by atoms with Gasteiger partial charge in [-0.3, -0.25) is 9.97 Å². The third kappa shape index (κ3) is 1.88. The summed E-state index contributed by atoms with van der Waals surface area (Å²) >= 11 is 0. The molecule has 0 aliphatic carbocycles. The molecule has 3 aromatic heterocycles. The molecule has 3 rings (SSSR count). The number of nitrogens with zero attached hydrogens (tertiary/aromatic N) is 4. The first kappa shape index (κ1) is 10.7. The van der Waals surface area contributed by atoms with Gasteiger partial charge < -0.3 is 0 Å². The molecule has 0 saturated carbocycles. The second-order valence-electron chi connectivity index (χ2n) is 4.00. The van der Waals surface area contributed by atoms with Crippen LogP contribution in [-0.4, -0.2) is 19.7 Å². The van der Waals surface area contributed by atoms with E-state index >= 15 is 0 Å². The van der Waals surface area contributed by atoms with Gasteiger partial charge in [0.05, 0.1) is 29.5 Å². The Morgan fingerprint density at radius 3 is 2.61 bits per heavy atom. The van der Waals surface area contributed by atoms with Crippen molar-refractivity contribution in [2.45, 2.75) is 6.92 Å². The Bertz CT molecular complexity index is 641. The molecule has 3 aromatic rings. The molecule has 18 heavy (non-hydrogen) atoms. The molecule has 0 spiro atoms. The minimum absolute atomic E-state index is 0.899. The standard InChI is InChI=1S/C14H12N4/c1-11-5-6-12(10-16-11)18-14(7-9-17-18)13-4-2-3-8-15-13/h2-10H,1H3. The number of hydrogen-bond donors (Lipinski definition) is 0. The van der Waals surface area contributed by atoms with Crippen molar-refractivity contribution in [3.05, 3.63) is 60.7 Å². The number of aryl methyl sites for hydroxylation is 1. The van der Waals surface area contributed by atoms with Crippen LogP contribution in [-0.2, 0) is 0 Å². The van der Waals surface area contributed by atoms with Crippen LogP contribution in [0.3, 0.4) is 0 Å². The Morgan fingerprint density at radius 2 is 1.89 bits per heavy atom. The predicted molar refractivity (Wildman–Crippen MR) is 69.3 cm³/mol. The minimum atomic E-state index is 0.899. The molecular formula is C14H12N4. The van der Waals surface area contributed by atoms with Crippen LogP contribution in [0.2, 0.25) is 0 Å². The molecule has 0 aliphatic heterocycles. The van der Waals surface area contributed by atoms with E-state index in [-0.39, 0.29) is 0 Å². The van der Waals surface area contributed by atoms with E-state index in [1.165, 1.54) is 0 Å². The lowest BCUT2D eigenvalue weighted by atomic mass is 10.2. The van der Waals surface area contributed by atoms with Gasteiger partial charge in [-0.2, -0.15) is 5.10 Å². The van der Waals surface area contributed by atoms with Crippen LogP contribution >= 0.6 is 0 Å². The smallest absolute Gasteiger partial charge is 0.0925 e. The van der Waals surface area contributed by atoms with Crippen molar-refractivity contribution < 1.29 is 0 Å². The highest BCUT2D eigenvalue weighted by molar-refractivity contribution is 5.56. The van der Waals surface area contributed by atoms with E-state index < -0.39 is 0 Å². The lowest BCUT2D eigenvalue weighted by molar-refractivity contribution is 0.875. The SMILES string of the molecule is Cc1ccc(-n2nccc2-c2ccccn2)cn1. The largest absolute Gasteiger partial charge is 0.259 e. The van der Waals surface area contributed by atoms with Gasteiger partial charge in [-0.1, -0.05) is 6.07 Å². The summed E-state index contributed by atoms with van der Waals surface area (Å²) in [6.07, 6.45) is 5.36. The van der Waals surface area contributed by atoms with Crippen LogP contribution < -0.4 is 0 Å². The monoisotopic (exact) mass is 236 g/mol. The van der Waals surface area contributed by atoms with Gasteiger partial charge in [0, 0.05) is 11.9 Å². The molecule has 0 saturated heterocycles. The summed E-state index contributed by atoms with van der Waals surface area (Å²) in [5.41, 5.74) is 3.79. The number of aromatic nitrogens is 4. The summed E-state index contributed by atoms with van der Waals surface area (Å²) in [4.78, 5) is 8.63. The molecule has 0 bridgehead atoms. The Kier molecular flexibility index (Phi) is 2.61. The summed E-state index contributed by atoms with van der Waals surface area (Å²) < 4.78 is 1.84. The maximum atomic E-state index is 4.34. The molecule has 0 amide bonds. The predicted octanol–water partition coefficient (Wildman–Crippen LogP) is 2.64. The zero-order valence-electron chi connectivity index (χ0n) is 9.99. The zero-order valence-corrected chi connectivity index (χ0v) is 9.99. The fourth-order valence-electron chi connectivity index (χ4n) is 1.80. The van der Waals surface area contributed by atoms with E-state index in [0.717, 1.165) is 22.8 Å². The molecule has 4 heteroatoms. The fraction of sp³-hybridized carbons (Fsp3) is 0.0714. The van der Waals surface area contributed by atoms with E-state index in [1.54, 1.807) is 12.4 Å². The van der Waals surface area contributed by atoms with Crippen molar-refractivity contribution >= 4 is 0 Å². The lowest BCUT2D eigenvalue weighted by Crippen LogP contribution is -2.00. The van der Waals surface area contributed by atoms with Crippen LogP contribution in [0.5, 0.6) is 0 Å². The number of pyridine rings is 2. The topological polar surface area (TPSA) is 43.6 Å².